The standard InChI is InChI=1S/C17H20ClN3O2S/c1-9(20-16(23)14-7-13(22)8-19-14)15-10(2)21-17(24-15)11-3-5-12(18)6-4-11/h3-6,9,13-14,19,22H,7-8H2,1-2H3,(H,20,23). The van der Waals surface area contributed by atoms with Crippen LogP contribution in [0.15, 0.2) is 24.3 Å². The number of carbonyl (C=O) groups is 1. The molecule has 3 unspecified atom stereocenters. The number of benzene rings is 1. The van der Waals surface area contributed by atoms with Crippen LogP contribution in [-0.4, -0.2) is 34.7 Å². The van der Waals surface area contributed by atoms with Gasteiger partial charge in [-0.15, -0.1) is 11.3 Å². The third kappa shape index (κ3) is 3.78. The van der Waals surface area contributed by atoms with Gasteiger partial charge in [0.15, 0.2) is 0 Å². The van der Waals surface area contributed by atoms with Gasteiger partial charge in [-0.25, -0.2) is 4.98 Å². The fourth-order valence-electron chi connectivity index (χ4n) is 2.82. The molecule has 2 aromatic rings. The van der Waals surface area contributed by atoms with Crippen molar-refractivity contribution in [3.63, 3.8) is 0 Å². The second-order valence-electron chi connectivity index (χ2n) is 6.06. The molecule has 1 aliphatic rings. The first-order valence-electron chi connectivity index (χ1n) is 7.89. The highest BCUT2D eigenvalue weighted by molar-refractivity contribution is 7.15. The second-order valence-corrected chi connectivity index (χ2v) is 7.52. The number of hydrogen-bond acceptors (Lipinski definition) is 5. The lowest BCUT2D eigenvalue weighted by Gasteiger charge is -2.16. The normalized spacial score (nSPS) is 21.7. The highest BCUT2D eigenvalue weighted by Gasteiger charge is 2.29. The highest BCUT2D eigenvalue weighted by atomic mass is 35.5. The second kappa shape index (κ2) is 7.19. The van der Waals surface area contributed by atoms with Gasteiger partial charge in [-0.3, -0.25) is 4.79 Å². The summed E-state index contributed by atoms with van der Waals surface area (Å²) in [4.78, 5) is 17.9. The molecular weight excluding hydrogens is 346 g/mol. The molecule has 1 aromatic heterocycles. The van der Waals surface area contributed by atoms with Crippen LogP contribution in [0, 0.1) is 6.92 Å². The molecule has 1 aromatic carbocycles. The molecule has 3 N–H and O–H groups in total. The summed E-state index contributed by atoms with van der Waals surface area (Å²) in [5.74, 6) is -0.0834. The molecule has 0 saturated carbocycles. The van der Waals surface area contributed by atoms with Gasteiger partial charge in [0.1, 0.15) is 5.01 Å². The summed E-state index contributed by atoms with van der Waals surface area (Å²) in [5, 5.41) is 17.2. The van der Waals surface area contributed by atoms with Gasteiger partial charge in [0.25, 0.3) is 0 Å². The molecule has 0 radical (unpaired) electrons. The van der Waals surface area contributed by atoms with Crippen molar-refractivity contribution in [2.24, 2.45) is 0 Å². The number of halogens is 1. The summed E-state index contributed by atoms with van der Waals surface area (Å²) in [6.45, 7) is 4.37. The van der Waals surface area contributed by atoms with E-state index in [9.17, 15) is 9.90 Å². The zero-order chi connectivity index (χ0) is 17.3. The molecule has 1 aliphatic heterocycles. The third-order valence-electron chi connectivity index (χ3n) is 4.10. The maximum atomic E-state index is 12.3. The van der Waals surface area contributed by atoms with E-state index in [0.29, 0.717) is 18.0 Å². The van der Waals surface area contributed by atoms with Crippen molar-refractivity contribution in [3.8, 4) is 10.6 Å². The first-order valence-corrected chi connectivity index (χ1v) is 9.08. The number of thiazole rings is 1. The largest absolute Gasteiger partial charge is 0.392 e. The van der Waals surface area contributed by atoms with Crippen LogP contribution in [0.3, 0.4) is 0 Å². The van der Waals surface area contributed by atoms with Gasteiger partial charge in [-0.1, -0.05) is 23.7 Å². The SMILES string of the molecule is Cc1nc(-c2ccc(Cl)cc2)sc1C(C)NC(=O)C1CC(O)CN1. The van der Waals surface area contributed by atoms with Gasteiger partial charge < -0.3 is 15.7 Å². The number of rotatable bonds is 4. The van der Waals surface area contributed by atoms with Gasteiger partial charge >= 0.3 is 0 Å². The van der Waals surface area contributed by atoms with E-state index in [1.807, 2.05) is 38.1 Å². The summed E-state index contributed by atoms with van der Waals surface area (Å²) in [6.07, 6.45) is 0.00804. The lowest BCUT2D eigenvalue weighted by atomic mass is 10.1. The Balaban J connectivity index is 1.72. The van der Waals surface area contributed by atoms with Crippen molar-refractivity contribution in [1.82, 2.24) is 15.6 Å². The average Bonchev–Trinajstić information content (AvgIpc) is 3.14. The summed E-state index contributed by atoms with van der Waals surface area (Å²) in [7, 11) is 0. The Morgan fingerprint density at radius 1 is 1.46 bits per heavy atom. The molecule has 1 fully saturated rings. The molecule has 1 amide bonds. The van der Waals surface area contributed by atoms with E-state index in [4.69, 9.17) is 11.6 Å². The van der Waals surface area contributed by atoms with Crippen molar-refractivity contribution in [1.29, 1.82) is 0 Å². The first-order chi connectivity index (χ1) is 11.4. The third-order valence-corrected chi connectivity index (χ3v) is 5.74. The minimum atomic E-state index is -0.447. The van der Waals surface area contributed by atoms with E-state index >= 15 is 0 Å². The predicted molar refractivity (Wildman–Crippen MR) is 96.3 cm³/mol. The molecule has 24 heavy (non-hydrogen) atoms. The van der Waals surface area contributed by atoms with Crippen LogP contribution < -0.4 is 10.6 Å². The number of nitrogens with one attached hydrogen (secondary N) is 2. The van der Waals surface area contributed by atoms with E-state index in [-0.39, 0.29) is 18.0 Å². The quantitative estimate of drug-likeness (QED) is 0.778. The fraction of sp³-hybridized carbons (Fsp3) is 0.412. The number of carbonyl (C=O) groups excluding carboxylic acids is 1. The average molecular weight is 366 g/mol. The van der Waals surface area contributed by atoms with E-state index in [1.165, 1.54) is 0 Å². The molecule has 3 rings (SSSR count). The molecule has 0 aliphatic carbocycles. The van der Waals surface area contributed by atoms with Crippen LogP contribution in [0.4, 0.5) is 0 Å². The zero-order valence-electron chi connectivity index (χ0n) is 13.5. The molecule has 128 valence electrons. The van der Waals surface area contributed by atoms with Crippen molar-refractivity contribution >= 4 is 28.8 Å². The predicted octanol–water partition coefficient (Wildman–Crippen LogP) is 2.67. The Labute approximate surface area is 150 Å². The van der Waals surface area contributed by atoms with Crippen molar-refractivity contribution in [2.45, 2.75) is 38.5 Å². The molecule has 0 bridgehead atoms. The maximum Gasteiger partial charge on any atom is 0.237 e. The van der Waals surface area contributed by atoms with Crippen LogP contribution in [0.2, 0.25) is 5.02 Å². The lowest BCUT2D eigenvalue weighted by Crippen LogP contribution is -2.41. The Morgan fingerprint density at radius 2 is 2.17 bits per heavy atom. The van der Waals surface area contributed by atoms with Crippen LogP contribution >= 0.6 is 22.9 Å². The van der Waals surface area contributed by atoms with E-state index in [1.54, 1.807) is 11.3 Å². The summed E-state index contributed by atoms with van der Waals surface area (Å²) >= 11 is 7.50. The Morgan fingerprint density at radius 3 is 2.79 bits per heavy atom. The Hall–Kier alpha value is -1.47. The number of nitrogens with zero attached hydrogens (tertiary/aromatic N) is 1. The number of β-amino-alcohol motifs (C(OH)–C–C–N with tert-alkyl or cyclic N) is 1. The smallest absolute Gasteiger partial charge is 0.237 e. The number of hydrogen-bond donors (Lipinski definition) is 3. The summed E-state index contributed by atoms with van der Waals surface area (Å²) < 4.78 is 0. The molecule has 7 heteroatoms. The monoisotopic (exact) mass is 365 g/mol. The van der Waals surface area contributed by atoms with Crippen LogP contribution in [0.5, 0.6) is 0 Å². The van der Waals surface area contributed by atoms with E-state index < -0.39 is 6.10 Å². The Bertz CT molecular complexity index is 732. The molecule has 5 nitrogen and oxygen atoms in total. The number of aliphatic hydroxyl groups is 1. The summed E-state index contributed by atoms with van der Waals surface area (Å²) in [5.41, 5.74) is 1.93. The van der Waals surface area contributed by atoms with Crippen LogP contribution in [0.25, 0.3) is 10.6 Å². The minimum Gasteiger partial charge on any atom is -0.392 e. The van der Waals surface area contributed by atoms with Crippen molar-refractivity contribution < 1.29 is 9.90 Å². The molecular formula is C17H20ClN3O2S. The first kappa shape index (κ1) is 17.4. The van der Waals surface area contributed by atoms with Crippen LogP contribution in [-0.2, 0) is 4.79 Å². The van der Waals surface area contributed by atoms with Gasteiger partial charge in [0, 0.05) is 17.1 Å². The van der Waals surface area contributed by atoms with Gasteiger partial charge in [-0.2, -0.15) is 0 Å². The number of aryl methyl sites for hydroxylation is 1. The zero-order valence-corrected chi connectivity index (χ0v) is 15.1. The van der Waals surface area contributed by atoms with Crippen LogP contribution in [0.1, 0.15) is 30.0 Å². The fourth-order valence-corrected chi connectivity index (χ4v) is 4.02. The summed E-state index contributed by atoms with van der Waals surface area (Å²) in [6, 6.07) is 7.11. The Kier molecular flexibility index (Phi) is 5.20. The number of aromatic nitrogens is 1. The van der Waals surface area contributed by atoms with Gasteiger partial charge in [-0.05, 0) is 32.4 Å². The minimum absolute atomic E-state index is 0.0834. The molecule has 2 heterocycles. The molecule has 3 atom stereocenters. The number of amides is 1. The topological polar surface area (TPSA) is 74.2 Å². The van der Waals surface area contributed by atoms with E-state index in [0.717, 1.165) is 21.1 Å². The lowest BCUT2D eigenvalue weighted by molar-refractivity contribution is -0.123. The van der Waals surface area contributed by atoms with Crippen molar-refractivity contribution in [2.75, 3.05) is 6.54 Å². The van der Waals surface area contributed by atoms with Gasteiger partial charge in [0.2, 0.25) is 5.91 Å². The van der Waals surface area contributed by atoms with Crippen molar-refractivity contribution in [3.05, 3.63) is 39.9 Å². The van der Waals surface area contributed by atoms with Gasteiger partial charge in [0.05, 0.1) is 28.8 Å². The molecule has 0 spiro atoms. The van der Waals surface area contributed by atoms with E-state index in [2.05, 4.69) is 15.6 Å². The highest BCUT2D eigenvalue weighted by Crippen LogP contribution is 2.32. The maximum absolute atomic E-state index is 12.3. The number of aliphatic hydroxyl groups excluding tert-OH is 1. The molecule has 1 saturated heterocycles.